The average molecular weight is 492 g/mol. The fourth-order valence-corrected chi connectivity index (χ4v) is 4.26. The lowest BCUT2D eigenvalue weighted by Gasteiger charge is -2.15. The first kappa shape index (κ1) is 24.1. The summed E-state index contributed by atoms with van der Waals surface area (Å²) in [5.74, 6) is 0.290. The molecule has 1 aromatic heterocycles. The summed E-state index contributed by atoms with van der Waals surface area (Å²) in [4.78, 5) is 25.0. The fourth-order valence-electron chi connectivity index (χ4n) is 3.05. The lowest BCUT2D eigenvalue weighted by molar-refractivity contribution is -0.113. The number of hydrogen-bond donors (Lipinski definition) is 2. The fraction of sp³-hybridized carbons (Fsp3) is 0.273. The Morgan fingerprint density at radius 3 is 2.62 bits per heavy atom. The molecule has 2 N–H and O–H groups in total. The topological polar surface area (TPSA) is 88.9 Å². The molecule has 0 aliphatic rings. The third-order valence-electron chi connectivity index (χ3n) is 4.72. The predicted molar refractivity (Wildman–Crippen MR) is 129 cm³/mol. The highest BCUT2D eigenvalue weighted by atomic mass is 35.5. The third-order valence-corrected chi connectivity index (χ3v) is 6.25. The van der Waals surface area contributed by atoms with Crippen molar-refractivity contribution in [2.24, 2.45) is 0 Å². The van der Waals surface area contributed by atoms with Gasteiger partial charge in [0.1, 0.15) is 0 Å². The molecular formula is C22H23Cl2N5O2S. The summed E-state index contributed by atoms with van der Waals surface area (Å²) in [6.07, 6.45) is 0. The van der Waals surface area contributed by atoms with Crippen molar-refractivity contribution in [3.8, 4) is 0 Å². The van der Waals surface area contributed by atoms with Gasteiger partial charge in [-0.3, -0.25) is 9.59 Å². The first-order chi connectivity index (χ1) is 15.3. The van der Waals surface area contributed by atoms with Crippen LogP contribution in [0.5, 0.6) is 0 Å². The molecule has 10 heteroatoms. The van der Waals surface area contributed by atoms with E-state index in [0.29, 0.717) is 38.8 Å². The number of anilines is 1. The lowest BCUT2D eigenvalue weighted by atomic mass is 10.2. The number of aryl methyl sites for hydroxylation is 1. The van der Waals surface area contributed by atoms with Crippen LogP contribution in [0.15, 0.2) is 47.6 Å². The van der Waals surface area contributed by atoms with Gasteiger partial charge in [0.2, 0.25) is 5.91 Å². The maximum absolute atomic E-state index is 12.6. The molecule has 7 nitrogen and oxygen atoms in total. The van der Waals surface area contributed by atoms with Crippen LogP contribution < -0.4 is 10.6 Å². The number of halogens is 2. The van der Waals surface area contributed by atoms with Gasteiger partial charge in [-0.05, 0) is 50.6 Å². The number of carbonyl (C=O) groups is 2. The van der Waals surface area contributed by atoms with Crippen molar-refractivity contribution in [3.05, 3.63) is 69.5 Å². The normalized spacial score (nSPS) is 11.8. The molecule has 2 aromatic carbocycles. The second-order valence-corrected chi connectivity index (χ2v) is 8.84. The summed E-state index contributed by atoms with van der Waals surface area (Å²) in [5.41, 5.74) is 2.00. The molecule has 3 aromatic rings. The molecule has 3 rings (SSSR count). The minimum Gasteiger partial charge on any atom is -0.342 e. The molecule has 2 amide bonds. The number of nitrogens with zero attached hydrogens (tertiary/aromatic N) is 3. The Labute approximate surface area is 200 Å². The van der Waals surface area contributed by atoms with Crippen molar-refractivity contribution in [1.29, 1.82) is 0 Å². The molecule has 0 saturated carbocycles. The molecule has 0 fully saturated rings. The van der Waals surface area contributed by atoms with E-state index in [-0.39, 0.29) is 17.6 Å². The zero-order valence-corrected chi connectivity index (χ0v) is 20.2. The number of hydrogen-bond acceptors (Lipinski definition) is 5. The van der Waals surface area contributed by atoms with E-state index in [4.69, 9.17) is 23.2 Å². The third kappa shape index (κ3) is 5.82. The van der Waals surface area contributed by atoms with Gasteiger partial charge in [0, 0.05) is 17.3 Å². The molecule has 32 heavy (non-hydrogen) atoms. The van der Waals surface area contributed by atoms with Crippen molar-refractivity contribution in [2.75, 3.05) is 11.1 Å². The summed E-state index contributed by atoms with van der Waals surface area (Å²) in [5, 5.41) is 15.8. The van der Waals surface area contributed by atoms with Crippen molar-refractivity contribution < 1.29 is 9.59 Å². The molecule has 0 aliphatic carbocycles. The Morgan fingerprint density at radius 2 is 1.91 bits per heavy atom. The van der Waals surface area contributed by atoms with Crippen LogP contribution in [0.1, 0.15) is 41.6 Å². The summed E-state index contributed by atoms with van der Waals surface area (Å²) in [7, 11) is 0. The van der Waals surface area contributed by atoms with Gasteiger partial charge in [0.15, 0.2) is 11.0 Å². The van der Waals surface area contributed by atoms with Crippen LogP contribution in [0.3, 0.4) is 0 Å². The molecule has 0 radical (unpaired) electrons. The van der Waals surface area contributed by atoms with Crippen LogP contribution in [0.4, 0.5) is 5.69 Å². The van der Waals surface area contributed by atoms with E-state index in [9.17, 15) is 9.59 Å². The van der Waals surface area contributed by atoms with Crippen LogP contribution in [-0.2, 0) is 11.3 Å². The van der Waals surface area contributed by atoms with E-state index < -0.39 is 6.04 Å². The molecule has 1 heterocycles. The van der Waals surface area contributed by atoms with Crippen LogP contribution in [0, 0.1) is 6.92 Å². The van der Waals surface area contributed by atoms with Gasteiger partial charge in [0.05, 0.1) is 22.4 Å². The summed E-state index contributed by atoms with van der Waals surface area (Å²) in [6, 6.07) is 11.8. The predicted octanol–water partition coefficient (Wildman–Crippen LogP) is 5.14. The van der Waals surface area contributed by atoms with Crippen LogP contribution in [0.25, 0.3) is 0 Å². The minimum absolute atomic E-state index is 0.157. The molecule has 168 valence electrons. The quantitative estimate of drug-likeness (QED) is 0.426. The van der Waals surface area contributed by atoms with Crippen molar-refractivity contribution in [1.82, 2.24) is 20.1 Å². The van der Waals surface area contributed by atoms with Crippen molar-refractivity contribution >= 4 is 52.5 Å². The highest BCUT2D eigenvalue weighted by Gasteiger charge is 2.21. The molecule has 0 aliphatic heterocycles. The van der Waals surface area contributed by atoms with E-state index in [2.05, 4.69) is 20.8 Å². The monoisotopic (exact) mass is 491 g/mol. The van der Waals surface area contributed by atoms with Gasteiger partial charge < -0.3 is 15.2 Å². The molecule has 0 saturated heterocycles. The molecule has 0 bridgehead atoms. The lowest BCUT2D eigenvalue weighted by Crippen LogP contribution is -2.29. The summed E-state index contributed by atoms with van der Waals surface area (Å²) >= 11 is 13.4. The van der Waals surface area contributed by atoms with E-state index in [1.165, 1.54) is 11.8 Å². The van der Waals surface area contributed by atoms with Crippen molar-refractivity contribution in [3.63, 3.8) is 0 Å². The van der Waals surface area contributed by atoms with Gasteiger partial charge in [-0.25, -0.2) is 0 Å². The van der Waals surface area contributed by atoms with Crippen LogP contribution in [-0.4, -0.2) is 32.3 Å². The Hall–Kier alpha value is -2.55. The van der Waals surface area contributed by atoms with Gasteiger partial charge in [-0.1, -0.05) is 53.2 Å². The standard InChI is InChI=1S/C22H23Cl2N5O2S/c1-4-29-20(14(3)25-21(31)16-7-5-6-8-17(16)24)27-28-22(29)32-12-19(30)26-18-11-15(23)10-9-13(18)2/h5-11,14H,4,12H2,1-3H3,(H,25,31)(H,26,30)/t14-/m0/s1. The number of carbonyl (C=O) groups excluding carboxylic acids is 2. The van der Waals surface area contributed by atoms with Gasteiger partial charge >= 0.3 is 0 Å². The molecular weight excluding hydrogens is 469 g/mol. The van der Waals surface area contributed by atoms with Gasteiger partial charge in [-0.15, -0.1) is 10.2 Å². The Morgan fingerprint density at radius 1 is 1.16 bits per heavy atom. The maximum atomic E-state index is 12.6. The maximum Gasteiger partial charge on any atom is 0.253 e. The van der Waals surface area contributed by atoms with Crippen LogP contribution >= 0.6 is 35.0 Å². The van der Waals surface area contributed by atoms with E-state index >= 15 is 0 Å². The number of amides is 2. The number of thioether (sulfide) groups is 1. The van der Waals surface area contributed by atoms with Crippen molar-refractivity contribution in [2.45, 2.75) is 38.5 Å². The number of benzene rings is 2. The zero-order chi connectivity index (χ0) is 23.3. The van der Waals surface area contributed by atoms with E-state index in [1.54, 1.807) is 36.4 Å². The molecule has 1 atom stereocenters. The highest BCUT2D eigenvalue weighted by Crippen LogP contribution is 2.24. The first-order valence-corrected chi connectivity index (χ1v) is 11.7. The Bertz CT molecular complexity index is 1140. The zero-order valence-electron chi connectivity index (χ0n) is 17.9. The molecule has 0 unspecified atom stereocenters. The summed E-state index contributed by atoms with van der Waals surface area (Å²) in [6.45, 7) is 6.27. The van der Waals surface area contributed by atoms with Crippen LogP contribution in [0.2, 0.25) is 10.0 Å². The number of aromatic nitrogens is 3. The SMILES string of the molecule is CCn1c(SCC(=O)Nc2cc(Cl)ccc2C)nnc1[C@H](C)NC(=O)c1ccccc1Cl. The minimum atomic E-state index is -0.400. The van der Waals surface area contributed by atoms with Gasteiger partial charge in [0.25, 0.3) is 5.91 Å². The Kier molecular flexibility index (Phi) is 8.17. The molecule has 0 spiro atoms. The van der Waals surface area contributed by atoms with E-state index in [0.717, 1.165) is 5.56 Å². The first-order valence-electron chi connectivity index (χ1n) is 9.97. The number of nitrogens with one attached hydrogen (secondary N) is 2. The number of rotatable bonds is 8. The second-order valence-electron chi connectivity index (χ2n) is 7.06. The summed E-state index contributed by atoms with van der Waals surface area (Å²) < 4.78 is 1.88. The average Bonchev–Trinajstić information content (AvgIpc) is 3.18. The van der Waals surface area contributed by atoms with Gasteiger partial charge in [-0.2, -0.15) is 0 Å². The van der Waals surface area contributed by atoms with E-state index in [1.807, 2.05) is 31.4 Å². The highest BCUT2D eigenvalue weighted by molar-refractivity contribution is 7.99. The smallest absolute Gasteiger partial charge is 0.253 e. The second kappa shape index (κ2) is 10.8. The Balaban J connectivity index is 1.65. The largest absolute Gasteiger partial charge is 0.342 e.